The molecule has 2 rings (SSSR count). The van der Waals surface area contributed by atoms with E-state index in [9.17, 15) is 4.79 Å². The number of halogens is 2. The SMILES string of the molecule is N#CN(CCCNC(=O)c1ccccc1)c1ncc(Cl)c(Cl)n1. The molecule has 0 spiro atoms. The molecule has 1 aromatic carbocycles. The summed E-state index contributed by atoms with van der Waals surface area (Å²) in [5, 5.41) is 12.3. The van der Waals surface area contributed by atoms with Crippen LogP contribution in [0.3, 0.4) is 0 Å². The van der Waals surface area contributed by atoms with Crippen LogP contribution < -0.4 is 10.2 Å². The standard InChI is InChI=1S/C15H13Cl2N5O/c16-12-9-20-15(21-13(12)17)22(10-18)8-4-7-19-14(23)11-5-2-1-3-6-11/h1-3,5-6,9H,4,7-8H2,(H,19,23). The van der Waals surface area contributed by atoms with Gasteiger partial charge in [0.1, 0.15) is 0 Å². The second-order valence-electron chi connectivity index (χ2n) is 4.54. The summed E-state index contributed by atoms with van der Waals surface area (Å²) in [6.45, 7) is 0.775. The van der Waals surface area contributed by atoms with Crippen molar-refractivity contribution in [1.29, 1.82) is 5.26 Å². The zero-order valence-corrected chi connectivity index (χ0v) is 13.6. The Labute approximate surface area is 143 Å². The van der Waals surface area contributed by atoms with Gasteiger partial charge in [0.05, 0.1) is 11.2 Å². The quantitative estimate of drug-likeness (QED) is 0.375. The Balaban J connectivity index is 1.83. The number of nitrogens with zero attached hydrogens (tertiary/aromatic N) is 4. The lowest BCUT2D eigenvalue weighted by molar-refractivity contribution is 0.0953. The van der Waals surface area contributed by atoms with Crippen LogP contribution in [0.1, 0.15) is 16.8 Å². The number of anilines is 1. The van der Waals surface area contributed by atoms with E-state index in [1.807, 2.05) is 12.3 Å². The van der Waals surface area contributed by atoms with Gasteiger partial charge in [0.25, 0.3) is 5.91 Å². The smallest absolute Gasteiger partial charge is 0.251 e. The van der Waals surface area contributed by atoms with Crippen molar-refractivity contribution in [2.75, 3.05) is 18.0 Å². The summed E-state index contributed by atoms with van der Waals surface area (Å²) < 4.78 is 0. The first-order chi connectivity index (χ1) is 11.1. The van der Waals surface area contributed by atoms with Crippen LogP contribution in [-0.4, -0.2) is 29.0 Å². The van der Waals surface area contributed by atoms with Gasteiger partial charge in [-0.2, -0.15) is 10.2 Å². The third-order valence-corrected chi connectivity index (χ3v) is 3.59. The Morgan fingerprint density at radius 3 is 2.70 bits per heavy atom. The number of benzene rings is 1. The van der Waals surface area contributed by atoms with E-state index in [2.05, 4.69) is 15.3 Å². The van der Waals surface area contributed by atoms with Crippen LogP contribution >= 0.6 is 23.2 Å². The van der Waals surface area contributed by atoms with Crippen molar-refractivity contribution in [2.24, 2.45) is 0 Å². The molecular weight excluding hydrogens is 337 g/mol. The molecule has 8 heteroatoms. The molecule has 1 aromatic heterocycles. The van der Waals surface area contributed by atoms with E-state index in [1.165, 1.54) is 11.1 Å². The van der Waals surface area contributed by atoms with Crippen LogP contribution in [0.2, 0.25) is 10.2 Å². The highest BCUT2D eigenvalue weighted by Gasteiger charge is 2.11. The summed E-state index contributed by atoms with van der Waals surface area (Å²) >= 11 is 11.6. The molecule has 1 heterocycles. The molecule has 0 unspecified atom stereocenters. The highest BCUT2D eigenvalue weighted by Crippen LogP contribution is 2.20. The molecule has 0 aliphatic carbocycles. The second-order valence-corrected chi connectivity index (χ2v) is 5.30. The predicted molar refractivity (Wildman–Crippen MR) is 88.4 cm³/mol. The molecule has 1 amide bonds. The van der Waals surface area contributed by atoms with Gasteiger partial charge in [-0.25, -0.2) is 9.88 Å². The molecule has 0 saturated carbocycles. The lowest BCUT2D eigenvalue weighted by Crippen LogP contribution is -2.28. The van der Waals surface area contributed by atoms with E-state index in [4.69, 9.17) is 28.5 Å². The monoisotopic (exact) mass is 349 g/mol. The number of carbonyl (C=O) groups excluding carboxylic acids is 1. The summed E-state index contributed by atoms with van der Waals surface area (Å²) in [4.78, 5) is 21.1. The number of nitriles is 1. The molecule has 0 radical (unpaired) electrons. The fraction of sp³-hybridized carbons (Fsp3) is 0.200. The van der Waals surface area contributed by atoms with Gasteiger partial charge in [-0.15, -0.1) is 0 Å². The Morgan fingerprint density at radius 2 is 2.04 bits per heavy atom. The fourth-order valence-corrected chi connectivity index (χ4v) is 2.01. The molecule has 0 atom stereocenters. The fourth-order valence-electron chi connectivity index (χ4n) is 1.79. The average molecular weight is 350 g/mol. The van der Waals surface area contributed by atoms with Crippen LogP contribution in [0.25, 0.3) is 0 Å². The minimum absolute atomic E-state index is 0.0919. The number of aromatic nitrogens is 2. The van der Waals surface area contributed by atoms with Crippen LogP contribution in [-0.2, 0) is 0 Å². The van der Waals surface area contributed by atoms with Crippen molar-refractivity contribution in [1.82, 2.24) is 15.3 Å². The highest BCUT2D eigenvalue weighted by atomic mass is 35.5. The van der Waals surface area contributed by atoms with E-state index in [1.54, 1.807) is 24.3 Å². The van der Waals surface area contributed by atoms with E-state index in [0.29, 0.717) is 25.1 Å². The summed E-state index contributed by atoms with van der Waals surface area (Å²) in [7, 11) is 0. The third-order valence-electron chi connectivity index (χ3n) is 2.93. The Kier molecular flexibility index (Phi) is 6.15. The number of amides is 1. The molecule has 0 saturated heterocycles. The first-order valence-corrected chi connectivity index (χ1v) is 7.56. The third kappa shape index (κ3) is 4.81. The number of nitrogens with one attached hydrogen (secondary N) is 1. The Hall–Kier alpha value is -2.36. The van der Waals surface area contributed by atoms with Gasteiger partial charge in [-0.3, -0.25) is 4.79 Å². The lowest BCUT2D eigenvalue weighted by Gasteiger charge is -2.13. The second kappa shape index (κ2) is 8.32. The topological polar surface area (TPSA) is 81.9 Å². The van der Waals surface area contributed by atoms with Gasteiger partial charge >= 0.3 is 0 Å². The summed E-state index contributed by atoms with van der Waals surface area (Å²) in [5.41, 5.74) is 0.595. The van der Waals surface area contributed by atoms with Crippen molar-refractivity contribution < 1.29 is 4.79 Å². The van der Waals surface area contributed by atoms with Crippen LogP contribution in [0.5, 0.6) is 0 Å². The lowest BCUT2D eigenvalue weighted by atomic mass is 10.2. The van der Waals surface area contributed by atoms with Gasteiger partial charge < -0.3 is 5.32 Å². The summed E-state index contributed by atoms with van der Waals surface area (Å²) in [6.07, 6.45) is 3.87. The molecule has 23 heavy (non-hydrogen) atoms. The number of hydrogen-bond acceptors (Lipinski definition) is 5. The van der Waals surface area contributed by atoms with Gasteiger partial charge in [-0.05, 0) is 18.6 Å². The first kappa shape index (κ1) is 17.0. The van der Waals surface area contributed by atoms with Gasteiger partial charge in [-0.1, -0.05) is 41.4 Å². The minimum Gasteiger partial charge on any atom is -0.352 e. The van der Waals surface area contributed by atoms with Gasteiger partial charge in [0.2, 0.25) is 5.95 Å². The van der Waals surface area contributed by atoms with E-state index < -0.39 is 0 Å². The molecular formula is C15H13Cl2N5O. The highest BCUT2D eigenvalue weighted by molar-refractivity contribution is 6.41. The van der Waals surface area contributed by atoms with E-state index in [0.717, 1.165) is 0 Å². The summed E-state index contributed by atoms with van der Waals surface area (Å²) in [6, 6.07) is 8.92. The number of carbonyl (C=O) groups is 1. The Morgan fingerprint density at radius 1 is 1.30 bits per heavy atom. The van der Waals surface area contributed by atoms with Crippen molar-refractivity contribution in [3.63, 3.8) is 0 Å². The molecule has 6 nitrogen and oxygen atoms in total. The summed E-state index contributed by atoms with van der Waals surface area (Å²) in [5.74, 6) is 0.0242. The molecule has 0 bridgehead atoms. The molecule has 0 aliphatic rings. The maximum Gasteiger partial charge on any atom is 0.251 e. The first-order valence-electron chi connectivity index (χ1n) is 6.80. The van der Waals surface area contributed by atoms with Crippen LogP contribution in [0.15, 0.2) is 36.5 Å². The zero-order chi connectivity index (χ0) is 16.7. The normalized spacial score (nSPS) is 9.96. The number of hydrogen-bond donors (Lipinski definition) is 1. The van der Waals surface area contributed by atoms with Crippen molar-refractivity contribution in [2.45, 2.75) is 6.42 Å². The molecule has 1 N–H and O–H groups in total. The van der Waals surface area contributed by atoms with Gasteiger partial charge in [0, 0.05) is 18.7 Å². The van der Waals surface area contributed by atoms with E-state index in [-0.39, 0.29) is 22.0 Å². The maximum absolute atomic E-state index is 11.9. The van der Waals surface area contributed by atoms with Crippen LogP contribution in [0, 0.1) is 11.5 Å². The minimum atomic E-state index is -0.153. The van der Waals surface area contributed by atoms with Crippen molar-refractivity contribution in [3.05, 3.63) is 52.3 Å². The average Bonchev–Trinajstić information content (AvgIpc) is 2.58. The molecule has 0 aliphatic heterocycles. The molecule has 118 valence electrons. The predicted octanol–water partition coefficient (Wildman–Crippen LogP) is 2.89. The Bertz CT molecular complexity index is 718. The largest absolute Gasteiger partial charge is 0.352 e. The number of rotatable bonds is 6. The zero-order valence-electron chi connectivity index (χ0n) is 12.0. The maximum atomic E-state index is 11.9. The molecule has 0 fully saturated rings. The van der Waals surface area contributed by atoms with Crippen molar-refractivity contribution in [3.8, 4) is 6.19 Å². The van der Waals surface area contributed by atoms with Crippen LogP contribution in [0.4, 0.5) is 5.95 Å². The molecule has 2 aromatic rings. The van der Waals surface area contributed by atoms with E-state index >= 15 is 0 Å². The van der Waals surface area contributed by atoms with Gasteiger partial charge in [0.15, 0.2) is 11.3 Å². The van der Waals surface area contributed by atoms with Crippen molar-refractivity contribution >= 4 is 35.1 Å².